The van der Waals surface area contributed by atoms with Crippen LogP contribution in [0.1, 0.15) is 12.8 Å². The number of rotatable bonds is 1. The molecule has 4 heteroatoms. The molecule has 0 aromatic carbocycles. The van der Waals surface area contributed by atoms with Crippen LogP contribution in [0.2, 0.25) is 0 Å². The molecule has 0 aromatic heterocycles. The second-order valence-corrected chi connectivity index (χ2v) is 4.12. The van der Waals surface area contributed by atoms with E-state index in [2.05, 4.69) is 0 Å². The number of carboxylic acid groups (broad SMARTS) is 1. The average molecular weight is 189 g/mol. The Bertz CT molecular complexity index is 251. The van der Waals surface area contributed by atoms with Gasteiger partial charge in [0.25, 0.3) is 0 Å². The van der Waals surface area contributed by atoms with Crippen LogP contribution < -0.4 is 0 Å². The van der Waals surface area contributed by atoms with E-state index in [0.717, 1.165) is 0 Å². The summed E-state index contributed by atoms with van der Waals surface area (Å²) in [6, 6.07) is 0. The molecule has 0 heterocycles. The summed E-state index contributed by atoms with van der Waals surface area (Å²) in [5, 5.41) is 8.72. The lowest BCUT2D eigenvalue weighted by Crippen LogP contribution is -2.20. The first-order valence-corrected chi connectivity index (χ1v) is 4.44. The monoisotopic (exact) mass is 188 g/mol. The van der Waals surface area contributed by atoms with Crippen LogP contribution in [0.15, 0.2) is 0 Å². The summed E-state index contributed by atoms with van der Waals surface area (Å²) in [6.07, 6.45) is 0.928. The number of aliphatic carboxylic acids is 1. The predicted molar refractivity (Wildman–Crippen MR) is 42.0 cm³/mol. The van der Waals surface area contributed by atoms with Gasteiger partial charge in [-0.2, -0.15) is 0 Å². The van der Waals surface area contributed by atoms with Crippen LogP contribution in [-0.2, 0) is 9.59 Å². The molecule has 66 valence electrons. The first-order chi connectivity index (χ1) is 5.61. The van der Waals surface area contributed by atoms with Crippen LogP contribution in [0.25, 0.3) is 0 Å². The molecule has 2 bridgehead atoms. The lowest BCUT2D eigenvalue weighted by molar-refractivity contribution is -0.144. The van der Waals surface area contributed by atoms with Crippen molar-refractivity contribution >= 4 is 23.4 Å². The highest BCUT2D eigenvalue weighted by molar-refractivity contribution is 6.22. The fraction of sp³-hybridized carbons (Fsp3) is 0.750. The largest absolute Gasteiger partial charge is 0.481 e. The Morgan fingerprint density at radius 1 is 1.58 bits per heavy atom. The van der Waals surface area contributed by atoms with Gasteiger partial charge in [-0.1, -0.05) is 0 Å². The van der Waals surface area contributed by atoms with Gasteiger partial charge in [-0.15, -0.1) is 11.6 Å². The molecule has 2 rings (SSSR count). The van der Waals surface area contributed by atoms with Crippen molar-refractivity contribution in [3.8, 4) is 0 Å². The van der Waals surface area contributed by atoms with Gasteiger partial charge in [-0.25, -0.2) is 0 Å². The van der Waals surface area contributed by atoms with Crippen LogP contribution in [0.3, 0.4) is 0 Å². The Balaban J connectivity index is 2.28. The average Bonchev–Trinajstić information content (AvgIpc) is 2.41. The Morgan fingerprint density at radius 3 is 2.58 bits per heavy atom. The first-order valence-electron chi connectivity index (χ1n) is 4.01. The highest BCUT2D eigenvalue weighted by atomic mass is 35.5. The Kier molecular flexibility index (Phi) is 1.65. The number of carbonyl (C=O) groups is 2. The molecular weight excluding hydrogens is 180 g/mol. The van der Waals surface area contributed by atoms with Crippen molar-refractivity contribution in [1.29, 1.82) is 0 Å². The molecule has 12 heavy (non-hydrogen) atoms. The van der Waals surface area contributed by atoms with Crippen LogP contribution in [0.5, 0.6) is 0 Å². The first kappa shape index (κ1) is 8.05. The minimum absolute atomic E-state index is 0.0873. The number of carboxylic acids is 1. The molecule has 0 aliphatic heterocycles. The standard InChI is InChI=1S/C8H9ClO3/c9-5-1-4-6(10)2-3(5)7(4)8(11)12/h3-5,7H,1-2H2,(H,11,12). The quantitative estimate of drug-likeness (QED) is 0.623. The lowest BCUT2D eigenvalue weighted by Gasteiger charge is -2.12. The highest BCUT2D eigenvalue weighted by Crippen LogP contribution is 2.49. The number of alkyl halides is 1. The molecule has 0 radical (unpaired) electrons. The zero-order valence-electron chi connectivity index (χ0n) is 6.37. The number of hydrogen-bond donors (Lipinski definition) is 1. The van der Waals surface area contributed by atoms with E-state index in [-0.39, 0.29) is 23.0 Å². The Morgan fingerprint density at radius 2 is 2.25 bits per heavy atom. The topological polar surface area (TPSA) is 54.4 Å². The minimum Gasteiger partial charge on any atom is -0.481 e. The van der Waals surface area contributed by atoms with Gasteiger partial charge in [0.2, 0.25) is 0 Å². The minimum atomic E-state index is -0.862. The molecular formula is C8H9ClO3. The number of ketones is 1. The molecule has 4 atom stereocenters. The molecule has 0 aromatic rings. The summed E-state index contributed by atoms with van der Waals surface area (Å²) in [5.41, 5.74) is 0. The van der Waals surface area contributed by atoms with Gasteiger partial charge >= 0.3 is 5.97 Å². The molecule has 2 aliphatic rings. The van der Waals surface area contributed by atoms with E-state index in [9.17, 15) is 9.59 Å². The van der Waals surface area contributed by atoms with Crippen LogP contribution in [0, 0.1) is 17.8 Å². The van der Waals surface area contributed by atoms with Crippen LogP contribution in [0.4, 0.5) is 0 Å². The van der Waals surface area contributed by atoms with Crippen molar-refractivity contribution in [2.75, 3.05) is 0 Å². The zero-order chi connectivity index (χ0) is 8.88. The van der Waals surface area contributed by atoms with E-state index in [4.69, 9.17) is 16.7 Å². The molecule has 2 aliphatic carbocycles. The molecule has 2 fully saturated rings. The summed E-state index contributed by atoms with van der Waals surface area (Å²) in [7, 11) is 0. The number of hydrogen-bond acceptors (Lipinski definition) is 2. The van der Waals surface area contributed by atoms with Crippen molar-refractivity contribution in [1.82, 2.24) is 0 Å². The number of halogens is 1. The van der Waals surface area contributed by atoms with Crippen molar-refractivity contribution in [2.45, 2.75) is 18.2 Å². The van der Waals surface area contributed by atoms with Gasteiger partial charge in [-0.3, -0.25) is 9.59 Å². The lowest BCUT2D eigenvalue weighted by atomic mass is 9.98. The predicted octanol–water partition coefficient (Wildman–Crippen LogP) is 0.903. The maximum Gasteiger partial charge on any atom is 0.307 e. The van der Waals surface area contributed by atoms with Crippen molar-refractivity contribution in [2.24, 2.45) is 17.8 Å². The summed E-state index contributed by atoms with van der Waals surface area (Å²) < 4.78 is 0. The van der Waals surface area contributed by atoms with Crippen LogP contribution in [-0.4, -0.2) is 22.2 Å². The van der Waals surface area contributed by atoms with Gasteiger partial charge < -0.3 is 5.11 Å². The van der Waals surface area contributed by atoms with Crippen molar-refractivity contribution < 1.29 is 14.7 Å². The fourth-order valence-corrected chi connectivity index (χ4v) is 2.85. The summed E-state index contributed by atoms with van der Waals surface area (Å²) >= 11 is 5.90. The molecule has 2 saturated carbocycles. The second-order valence-electron chi connectivity index (χ2n) is 3.56. The third-order valence-electron chi connectivity index (χ3n) is 2.97. The zero-order valence-corrected chi connectivity index (χ0v) is 7.12. The smallest absolute Gasteiger partial charge is 0.307 e. The third kappa shape index (κ3) is 0.891. The number of Topliss-reactive ketones (excluding diaryl/α,β-unsaturated/α-hetero) is 1. The SMILES string of the molecule is O=C1CC2C(Cl)CC1C2C(=O)O. The summed E-state index contributed by atoms with van der Waals surface area (Å²) in [6.45, 7) is 0. The maximum atomic E-state index is 11.2. The van der Waals surface area contributed by atoms with E-state index >= 15 is 0 Å². The molecule has 0 saturated heterocycles. The normalized spacial score (nSPS) is 45.2. The molecule has 3 nitrogen and oxygen atoms in total. The van der Waals surface area contributed by atoms with E-state index in [1.54, 1.807) is 0 Å². The van der Waals surface area contributed by atoms with Gasteiger partial charge in [0.15, 0.2) is 0 Å². The molecule has 0 amide bonds. The van der Waals surface area contributed by atoms with E-state index < -0.39 is 11.9 Å². The van der Waals surface area contributed by atoms with Gasteiger partial charge in [0.1, 0.15) is 5.78 Å². The van der Waals surface area contributed by atoms with Crippen molar-refractivity contribution in [3.63, 3.8) is 0 Å². The van der Waals surface area contributed by atoms with Crippen LogP contribution >= 0.6 is 11.6 Å². The van der Waals surface area contributed by atoms with E-state index in [1.807, 2.05) is 0 Å². The summed E-state index contributed by atoms with van der Waals surface area (Å²) in [5.74, 6) is -1.68. The maximum absolute atomic E-state index is 11.2. The van der Waals surface area contributed by atoms with Gasteiger partial charge in [0.05, 0.1) is 5.92 Å². The van der Waals surface area contributed by atoms with Gasteiger partial charge in [-0.05, 0) is 12.3 Å². The number of fused-ring (bicyclic) bond motifs is 2. The molecule has 0 spiro atoms. The number of carbonyl (C=O) groups excluding carboxylic acids is 1. The van der Waals surface area contributed by atoms with E-state index in [1.165, 1.54) is 0 Å². The fourth-order valence-electron chi connectivity index (χ4n) is 2.41. The van der Waals surface area contributed by atoms with Gasteiger partial charge in [0, 0.05) is 17.7 Å². The molecule has 1 N–H and O–H groups in total. The second kappa shape index (κ2) is 2.46. The third-order valence-corrected chi connectivity index (χ3v) is 3.48. The highest BCUT2D eigenvalue weighted by Gasteiger charge is 2.55. The van der Waals surface area contributed by atoms with Crippen molar-refractivity contribution in [3.05, 3.63) is 0 Å². The molecule has 4 unspecified atom stereocenters. The summed E-state index contributed by atoms with van der Waals surface area (Å²) in [4.78, 5) is 21.9. The Labute approximate surface area is 74.7 Å². The van der Waals surface area contributed by atoms with E-state index in [0.29, 0.717) is 12.8 Å². The Hall–Kier alpha value is -0.570.